The first-order valence-electron chi connectivity index (χ1n) is 5.25. The fourth-order valence-electron chi connectivity index (χ4n) is 1.61. The van der Waals surface area contributed by atoms with Crippen molar-refractivity contribution in [3.05, 3.63) is 59.4 Å². The Kier molecular flexibility index (Phi) is 3.53. The Balaban J connectivity index is 2.37. The van der Waals surface area contributed by atoms with Gasteiger partial charge in [0.15, 0.2) is 11.6 Å². The van der Waals surface area contributed by atoms with Gasteiger partial charge in [0.2, 0.25) is 0 Å². The van der Waals surface area contributed by atoms with Crippen molar-refractivity contribution in [2.24, 2.45) is 0 Å². The summed E-state index contributed by atoms with van der Waals surface area (Å²) < 4.78 is 31.7. The van der Waals surface area contributed by atoms with Gasteiger partial charge in [-0.05, 0) is 29.8 Å². The fraction of sp³-hybridized carbons (Fsp3) is 0.154. The van der Waals surface area contributed by atoms with Crippen LogP contribution in [0.1, 0.15) is 17.4 Å². The first-order chi connectivity index (χ1) is 8.63. The highest BCUT2D eigenvalue weighted by molar-refractivity contribution is 5.33. The van der Waals surface area contributed by atoms with Gasteiger partial charge in [0.1, 0.15) is 17.6 Å². The van der Waals surface area contributed by atoms with E-state index in [0.29, 0.717) is 0 Å². The monoisotopic (exact) mass is 251 g/mol. The minimum Gasteiger partial charge on any atom is -0.494 e. The third-order valence-electron chi connectivity index (χ3n) is 2.54. The van der Waals surface area contributed by atoms with Crippen molar-refractivity contribution in [2.75, 3.05) is 7.11 Å². The average Bonchev–Trinajstić information content (AvgIpc) is 2.38. The Labute approximate surface area is 103 Å². The summed E-state index contributed by atoms with van der Waals surface area (Å²) in [6, 6.07) is 6.53. The van der Waals surface area contributed by atoms with Crippen LogP contribution in [0.4, 0.5) is 8.78 Å². The van der Waals surface area contributed by atoms with E-state index in [1.165, 1.54) is 37.6 Å². The Morgan fingerprint density at radius 1 is 1.22 bits per heavy atom. The second-order valence-corrected chi connectivity index (χ2v) is 3.67. The van der Waals surface area contributed by atoms with Gasteiger partial charge in [-0.25, -0.2) is 8.78 Å². The van der Waals surface area contributed by atoms with Crippen LogP contribution in [-0.2, 0) is 0 Å². The number of hydrogen-bond donors (Lipinski definition) is 1. The molecule has 0 aliphatic carbocycles. The Morgan fingerprint density at radius 2 is 2.00 bits per heavy atom. The molecule has 0 aliphatic rings. The van der Waals surface area contributed by atoms with E-state index in [-0.39, 0.29) is 17.0 Å². The maximum Gasteiger partial charge on any atom is 0.165 e. The smallest absolute Gasteiger partial charge is 0.165 e. The van der Waals surface area contributed by atoms with Gasteiger partial charge in [0, 0.05) is 6.20 Å². The summed E-state index contributed by atoms with van der Waals surface area (Å²) in [6.07, 6.45) is 0.0493. The zero-order valence-corrected chi connectivity index (χ0v) is 9.60. The third-order valence-corrected chi connectivity index (χ3v) is 2.54. The summed E-state index contributed by atoms with van der Waals surface area (Å²) in [5.74, 6) is -1.20. The van der Waals surface area contributed by atoms with Crippen LogP contribution >= 0.6 is 0 Å². The molecule has 0 spiro atoms. The summed E-state index contributed by atoms with van der Waals surface area (Å²) in [5, 5.41) is 9.95. The zero-order valence-electron chi connectivity index (χ0n) is 9.60. The summed E-state index contributed by atoms with van der Waals surface area (Å²) >= 11 is 0. The maximum atomic E-state index is 13.5. The predicted octanol–water partition coefficient (Wildman–Crippen LogP) is 2.45. The molecule has 2 rings (SSSR count). The standard InChI is InChI=1S/C13H11F2NO2/c1-18-11-5-4-8(7-10(11)15)13(17)12-9(14)3-2-6-16-12/h2-7,13,17H,1H3. The van der Waals surface area contributed by atoms with E-state index >= 15 is 0 Å². The molecule has 18 heavy (non-hydrogen) atoms. The number of hydrogen-bond acceptors (Lipinski definition) is 3. The van der Waals surface area contributed by atoms with Crippen LogP contribution in [0.2, 0.25) is 0 Å². The molecular formula is C13H11F2NO2. The molecule has 2 aromatic rings. The summed E-state index contributed by atoms with van der Waals surface area (Å²) in [6.45, 7) is 0. The molecule has 3 nitrogen and oxygen atoms in total. The molecule has 1 N–H and O–H groups in total. The van der Waals surface area contributed by atoms with Crippen molar-refractivity contribution in [1.29, 1.82) is 0 Å². The largest absolute Gasteiger partial charge is 0.494 e. The van der Waals surface area contributed by atoms with Gasteiger partial charge in [-0.2, -0.15) is 0 Å². The van der Waals surface area contributed by atoms with Crippen LogP contribution in [0, 0.1) is 11.6 Å². The number of rotatable bonds is 3. The van der Waals surface area contributed by atoms with Crippen LogP contribution in [0.5, 0.6) is 5.75 Å². The van der Waals surface area contributed by atoms with E-state index < -0.39 is 17.7 Å². The minimum atomic E-state index is -1.31. The quantitative estimate of drug-likeness (QED) is 0.911. The highest BCUT2D eigenvalue weighted by Gasteiger charge is 2.17. The second-order valence-electron chi connectivity index (χ2n) is 3.67. The van der Waals surface area contributed by atoms with Crippen molar-refractivity contribution in [3.8, 4) is 5.75 Å². The molecule has 5 heteroatoms. The Bertz CT molecular complexity index is 560. The molecular weight excluding hydrogens is 240 g/mol. The molecule has 1 unspecified atom stereocenters. The van der Waals surface area contributed by atoms with Crippen LogP contribution < -0.4 is 4.74 Å². The number of aromatic nitrogens is 1. The Morgan fingerprint density at radius 3 is 2.61 bits per heavy atom. The van der Waals surface area contributed by atoms with Crippen LogP contribution in [0.25, 0.3) is 0 Å². The fourth-order valence-corrected chi connectivity index (χ4v) is 1.61. The topological polar surface area (TPSA) is 42.4 Å². The zero-order chi connectivity index (χ0) is 13.1. The molecule has 94 valence electrons. The van der Waals surface area contributed by atoms with Crippen molar-refractivity contribution in [3.63, 3.8) is 0 Å². The highest BCUT2D eigenvalue weighted by Crippen LogP contribution is 2.26. The average molecular weight is 251 g/mol. The molecule has 0 aliphatic heterocycles. The lowest BCUT2D eigenvalue weighted by Crippen LogP contribution is -2.05. The van der Waals surface area contributed by atoms with E-state index in [1.54, 1.807) is 0 Å². The SMILES string of the molecule is COc1ccc(C(O)c2ncccc2F)cc1F. The number of pyridine rings is 1. The predicted molar refractivity (Wildman–Crippen MR) is 61.2 cm³/mol. The molecule has 1 atom stereocenters. The first-order valence-corrected chi connectivity index (χ1v) is 5.25. The van der Waals surface area contributed by atoms with Crippen LogP contribution in [0.3, 0.4) is 0 Å². The molecule has 1 heterocycles. The van der Waals surface area contributed by atoms with E-state index in [9.17, 15) is 13.9 Å². The lowest BCUT2D eigenvalue weighted by Gasteiger charge is -2.12. The van der Waals surface area contributed by atoms with Gasteiger partial charge in [-0.3, -0.25) is 4.98 Å². The molecule has 0 amide bonds. The van der Waals surface area contributed by atoms with Crippen molar-refractivity contribution in [1.82, 2.24) is 4.98 Å². The van der Waals surface area contributed by atoms with Crippen LogP contribution in [-0.4, -0.2) is 17.2 Å². The van der Waals surface area contributed by atoms with E-state index in [4.69, 9.17) is 4.74 Å². The molecule has 0 saturated carbocycles. The van der Waals surface area contributed by atoms with Gasteiger partial charge < -0.3 is 9.84 Å². The lowest BCUT2D eigenvalue weighted by molar-refractivity contribution is 0.208. The molecule has 0 radical (unpaired) electrons. The molecule has 1 aromatic carbocycles. The molecule has 0 bridgehead atoms. The van der Waals surface area contributed by atoms with Gasteiger partial charge in [0.05, 0.1) is 7.11 Å². The summed E-state index contributed by atoms with van der Waals surface area (Å²) in [7, 11) is 1.34. The number of benzene rings is 1. The molecule has 0 fully saturated rings. The number of aliphatic hydroxyl groups is 1. The van der Waals surface area contributed by atoms with Crippen molar-refractivity contribution < 1.29 is 18.6 Å². The number of halogens is 2. The maximum absolute atomic E-state index is 13.5. The molecule has 1 aromatic heterocycles. The lowest BCUT2D eigenvalue weighted by atomic mass is 10.1. The third kappa shape index (κ3) is 2.31. The highest BCUT2D eigenvalue weighted by atomic mass is 19.1. The van der Waals surface area contributed by atoms with Crippen molar-refractivity contribution in [2.45, 2.75) is 6.10 Å². The Hall–Kier alpha value is -2.01. The number of nitrogens with zero attached hydrogens (tertiary/aromatic N) is 1. The van der Waals surface area contributed by atoms with E-state index in [2.05, 4.69) is 4.98 Å². The van der Waals surface area contributed by atoms with Gasteiger partial charge in [-0.15, -0.1) is 0 Å². The summed E-state index contributed by atoms with van der Waals surface area (Å²) in [4.78, 5) is 3.75. The number of aliphatic hydroxyl groups excluding tert-OH is 1. The summed E-state index contributed by atoms with van der Waals surface area (Å²) in [5.41, 5.74) is 0.0768. The van der Waals surface area contributed by atoms with E-state index in [0.717, 1.165) is 6.07 Å². The normalized spacial score (nSPS) is 12.2. The minimum absolute atomic E-state index is 0.0624. The van der Waals surface area contributed by atoms with E-state index in [1.807, 2.05) is 0 Å². The second kappa shape index (κ2) is 5.10. The first kappa shape index (κ1) is 12.4. The van der Waals surface area contributed by atoms with Gasteiger partial charge in [-0.1, -0.05) is 6.07 Å². The van der Waals surface area contributed by atoms with Crippen molar-refractivity contribution >= 4 is 0 Å². The van der Waals surface area contributed by atoms with Gasteiger partial charge in [0.25, 0.3) is 0 Å². The molecule has 0 saturated heterocycles. The van der Waals surface area contributed by atoms with Crippen LogP contribution in [0.15, 0.2) is 36.5 Å². The number of methoxy groups -OCH3 is 1. The number of ether oxygens (including phenoxy) is 1. The van der Waals surface area contributed by atoms with Gasteiger partial charge >= 0.3 is 0 Å².